The summed E-state index contributed by atoms with van der Waals surface area (Å²) in [5.74, 6) is 0.0678. The van der Waals surface area contributed by atoms with Crippen LogP contribution in [0.5, 0.6) is 0 Å². The molecule has 4 aromatic rings. The summed E-state index contributed by atoms with van der Waals surface area (Å²) < 4.78 is 0. The van der Waals surface area contributed by atoms with Crippen molar-refractivity contribution in [1.29, 1.82) is 0 Å². The lowest BCUT2D eigenvalue weighted by molar-refractivity contribution is -0.384. The number of aromatic nitrogens is 3. The van der Waals surface area contributed by atoms with Crippen molar-refractivity contribution < 1.29 is 9.72 Å². The number of nitro benzene ring substituents is 1. The number of fused-ring (bicyclic) bond motifs is 1. The quantitative estimate of drug-likeness (QED) is 0.176. The lowest BCUT2D eigenvalue weighted by Crippen LogP contribution is -2.40. The summed E-state index contributed by atoms with van der Waals surface area (Å²) in [7, 11) is 4.01. The molecule has 3 heterocycles. The van der Waals surface area contributed by atoms with E-state index >= 15 is 0 Å². The number of nitrogens with one attached hydrogen (secondary N) is 3. The predicted octanol–water partition coefficient (Wildman–Crippen LogP) is 4.82. The second-order valence-corrected chi connectivity index (χ2v) is 10.5. The van der Waals surface area contributed by atoms with E-state index in [9.17, 15) is 14.9 Å². The molecule has 0 unspecified atom stereocenters. The Hall–Kier alpha value is -4.10. The Kier molecular flexibility index (Phi) is 7.20. The molecule has 0 atom stereocenters. The SMILES string of the molecule is CN(C)c1ccc(NC(=S)N2CCC(c3nc(C(=O)Nc4n[nH]c5ccc([N+](=O)[O-])cc45)cs3)CC2)cc1. The number of benzene rings is 2. The fourth-order valence-corrected chi connectivity index (χ4v) is 5.61. The van der Waals surface area contributed by atoms with Gasteiger partial charge in [0.15, 0.2) is 10.9 Å². The van der Waals surface area contributed by atoms with Crippen LogP contribution in [0.2, 0.25) is 0 Å². The number of aromatic amines is 1. The van der Waals surface area contributed by atoms with Gasteiger partial charge in [-0.15, -0.1) is 11.3 Å². The maximum atomic E-state index is 12.9. The van der Waals surface area contributed by atoms with Gasteiger partial charge in [-0.25, -0.2) is 4.98 Å². The van der Waals surface area contributed by atoms with Crippen molar-refractivity contribution in [2.24, 2.45) is 0 Å². The molecule has 5 rings (SSSR count). The van der Waals surface area contributed by atoms with Gasteiger partial charge in [0.05, 0.1) is 20.8 Å². The monoisotopic (exact) mass is 550 g/mol. The third-order valence-corrected chi connectivity index (χ3v) is 7.88. The van der Waals surface area contributed by atoms with E-state index in [1.165, 1.54) is 23.5 Å². The Morgan fingerprint density at radius 3 is 2.61 bits per heavy atom. The summed E-state index contributed by atoms with van der Waals surface area (Å²) in [4.78, 5) is 32.3. The van der Waals surface area contributed by atoms with Crippen LogP contribution in [0.3, 0.4) is 0 Å². The second-order valence-electron chi connectivity index (χ2n) is 9.22. The van der Waals surface area contributed by atoms with Crippen molar-refractivity contribution in [3.8, 4) is 0 Å². The van der Waals surface area contributed by atoms with E-state index in [1.807, 2.05) is 43.3 Å². The molecule has 13 heteroatoms. The van der Waals surface area contributed by atoms with Gasteiger partial charge in [-0.2, -0.15) is 5.10 Å². The second kappa shape index (κ2) is 10.7. The Morgan fingerprint density at radius 2 is 1.92 bits per heavy atom. The number of carbonyl (C=O) groups is 1. The number of hydrogen-bond acceptors (Lipinski definition) is 8. The van der Waals surface area contributed by atoms with Gasteiger partial charge in [0, 0.05) is 62.0 Å². The first-order valence-corrected chi connectivity index (χ1v) is 13.3. The summed E-state index contributed by atoms with van der Waals surface area (Å²) in [5, 5.41) is 27.8. The number of H-pyrrole nitrogens is 1. The van der Waals surface area contributed by atoms with Crippen molar-refractivity contribution in [2.45, 2.75) is 18.8 Å². The molecule has 196 valence electrons. The summed E-state index contributed by atoms with van der Waals surface area (Å²) >= 11 is 7.10. The van der Waals surface area contributed by atoms with E-state index < -0.39 is 10.8 Å². The van der Waals surface area contributed by atoms with Gasteiger partial charge in [-0.3, -0.25) is 20.0 Å². The number of anilines is 3. The Morgan fingerprint density at radius 1 is 1.18 bits per heavy atom. The third kappa shape index (κ3) is 5.43. The Labute approximate surface area is 228 Å². The van der Waals surface area contributed by atoms with Crippen molar-refractivity contribution in [3.63, 3.8) is 0 Å². The van der Waals surface area contributed by atoms with Crippen LogP contribution in [0.1, 0.15) is 34.3 Å². The molecule has 0 radical (unpaired) electrons. The zero-order chi connectivity index (χ0) is 26.8. The number of amides is 1. The fourth-order valence-electron chi connectivity index (χ4n) is 4.34. The Balaban J connectivity index is 1.17. The molecule has 0 aliphatic carbocycles. The molecular weight excluding hydrogens is 524 g/mol. The highest BCUT2D eigenvalue weighted by Gasteiger charge is 2.25. The molecule has 2 aromatic heterocycles. The first-order valence-electron chi connectivity index (χ1n) is 12.0. The van der Waals surface area contributed by atoms with E-state index in [-0.39, 0.29) is 17.4 Å². The molecule has 38 heavy (non-hydrogen) atoms. The van der Waals surface area contributed by atoms with E-state index in [0.29, 0.717) is 21.7 Å². The summed E-state index contributed by atoms with van der Waals surface area (Å²) in [6.45, 7) is 1.59. The summed E-state index contributed by atoms with van der Waals surface area (Å²) in [6, 6.07) is 12.5. The van der Waals surface area contributed by atoms with Crippen molar-refractivity contribution in [1.82, 2.24) is 20.1 Å². The van der Waals surface area contributed by atoms with Crippen molar-refractivity contribution >= 4 is 68.4 Å². The smallest absolute Gasteiger partial charge is 0.276 e. The Bertz CT molecular complexity index is 1490. The first kappa shape index (κ1) is 25.5. The van der Waals surface area contributed by atoms with Crippen LogP contribution >= 0.6 is 23.6 Å². The molecule has 2 aromatic carbocycles. The number of carbonyl (C=O) groups excluding carboxylic acids is 1. The van der Waals surface area contributed by atoms with E-state index in [2.05, 4.69) is 30.7 Å². The first-order chi connectivity index (χ1) is 18.3. The van der Waals surface area contributed by atoms with Gasteiger partial charge >= 0.3 is 0 Å². The zero-order valence-corrected chi connectivity index (χ0v) is 22.4. The summed E-state index contributed by atoms with van der Waals surface area (Å²) in [5.41, 5.74) is 2.90. The molecule has 1 amide bonds. The standard InChI is InChI=1S/C25H26N8O3S2/c1-31(2)17-5-3-16(4-6-17)26-25(37)32-11-9-15(10-12-32)24-27-21(14-38-24)23(34)28-22-19-13-18(33(35)36)7-8-20(19)29-30-22/h3-8,13-15H,9-12H2,1-2H3,(H,26,37)(H2,28,29,30,34). The van der Waals surface area contributed by atoms with Crippen LogP contribution in [-0.4, -0.2) is 63.2 Å². The lowest BCUT2D eigenvalue weighted by atomic mass is 9.98. The molecule has 3 N–H and O–H groups in total. The van der Waals surface area contributed by atoms with Crippen LogP contribution in [-0.2, 0) is 0 Å². The minimum atomic E-state index is -0.485. The molecule has 1 aliphatic rings. The van der Waals surface area contributed by atoms with E-state index in [0.717, 1.165) is 42.3 Å². The number of nitrogens with zero attached hydrogens (tertiary/aromatic N) is 5. The highest BCUT2D eigenvalue weighted by atomic mass is 32.1. The lowest BCUT2D eigenvalue weighted by Gasteiger charge is -2.33. The minimum absolute atomic E-state index is 0.0754. The number of likely N-dealkylation sites (tertiary alicyclic amines) is 1. The molecule has 0 saturated carbocycles. The van der Waals surface area contributed by atoms with Gasteiger partial charge in [-0.05, 0) is 55.4 Å². The third-order valence-electron chi connectivity index (χ3n) is 6.51. The molecule has 0 spiro atoms. The maximum absolute atomic E-state index is 12.9. The number of nitro groups is 1. The fraction of sp³-hybridized carbons (Fsp3) is 0.280. The van der Waals surface area contributed by atoms with Crippen LogP contribution in [0.25, 0.3) is 10.9 Å². The molecule has 11 nitrogen and oxygen atoms in total. The number of thiocarbonyl (C=S) groups is 1. The molecule has 0 bridgehead atoms. The zero-order valence-electron chi connectivity index (χ0n) is 20.8. The van der Waals surface area contributed by atoms with Crippen LogP contribution < -0.4 is 15.5 Å². The van der Waals surface area contributed by atoms with E-state index in [4.69, 9.17) is 12.2 Å². The molecule has 1 aliphatic heterocycles. The van der Waals surface area contributed by atoms with Gasteiger partial charge in [0.1, 0.15) is 5.69 Å². The number of thiazole rings is 1. The average Bonchev–Trinajstić information content (AvgIpc) is 3.57. The van der Waals surface area contributed by atoms with Gasteiger partial charge in [-0.1, -0.05) is 0 Å². The van der Waals surface area contributed by atoms with Crippen molar-refractivity contribution in [2.75, 3.05) is 42.7 Å². The number of piperidine rings is 1. The molecular formula is C25H26N8O3S2. The number of rotatable bonds is 6. The predicted molar refractivity (Wildman–Crippen MR) is 153 cm³/mol. The largest absolute Gasteiger partial charge is 0.378 e. The minimum Gasteiger partial charge on any atom is -0.378 e. The topological polar surface area (TPSA) is 132 Å². The number of non-ortho nitro benzene ring substituents is 1. The van der Waals surface area contributed by atoms with Gasteiger partial charge < -0.3 is 20.4 Å². The average molecular weight is 551 g/mol. The number of hydrogen-bond donors (Lipinski definition) is 3. The molecule has 1 fully saturated rings. The molecule has 1 saturated heterocycles. The summed E-state index contributed by atoms with van der Waals surface area (Å²) in [6.07, 6.45) is 1.76. The van der Waals surface area contributed by atoms with Crippen LogP contribution in [0.15, 0.2) is 47.8 Å². The maximum Gasteiger partial charge on any atom is 0.276 e. The normalized spacial score (nSPS) is 13.9. The van der Waals surface area contributed by atoms with Gasteiger partial charge in [0.25, 0.3) is 11.6 Å². The van der Waals surface area contributed by atoms with Gasteiger partial charge in [0.2, 0.25) is 0 Å². The van der Waals surface area contributed by atoms with Crippen LogP contribution in [0, 0.1) is 10.1 Å². The van der Waals surface area contributed by atoms with E-state index in [1.54, 1.807) is 11.4 Å². The highest BCUT2D eigenvalue weighted by molar-refractivity contribution is 7.80. The van der Waals surface area contributed by atoms with Crippen molar-refractivity contribution in [3.05, 3.63) is 68.7 Å². The highest BCUT2D eigenvalue weighted by Crippen LogP contribution is 2.31. The van der Waals surface area contributed by atoms with Crippen LogP contribution in [0.4, 0.5) is 22.9 Å².